The van der Waals surface area contributed by atoms with Gasteiger partial charge in [-0.2, -0.15) is 0 Å². The standard InChI is InChI=1S/C18H29FO/c1-5-7-16(8-6-2)11-15(4)13-20-18-10-9-14(3)12-17(18)19/h9-10,12,15-16H,5-8,11,13H2,1-4H3. The number of ether oxygens (including phenoxy) is 1. The van der Waals surface area contributed by atoms with Crippen LogP contribution in [0.15, 0.2) is 18.2 Å². The lowest BCUT2D eigenvalue weighted by atomic mass is 9.89. The van der Waals surface area contributed by atoms with Gasteiger partial charge in [0, 0.05) is 0 Å². The molecule has 1 rings (SSSR count). The van der Waals surface area contributed by atoms with Gasteiger partial charge in [-0.05, 0) is 42.9 Å². The highest BCUT2D eigenvalue weighted by Crippen LogP contribution is 2.24. The Morgan fingerprint density at radius 2 is 1.80 bits per heavy atom. The van der Waals surface area contributed by atoms with Crippen molar-refractivity contribution >= 4 is 0 Å². The molecular formula is C18H29FO. The molecule has 114 valence electrons. The summed E-state index contributed by atoms with van der Waals surface area (Å²) in [5, 5.41) is 0. The fraction of sp³-hybridized carbons (Fsp3) is 0.667. The van der Waals surface area contributed by atoms with Crippen LogP contribution in [0.2, 0.25) is 0 Å². The largest absolute Gasteiger partial charge is 0.490 e. The minimum Gasteiger partial charge on any atom is -0.490 e. The van der Waals surface area contributed by atoms with E-state index in [-0.39, 0.29) is 5.82 Å². The highest BCUT2D eigenvalue weighted by Gasteiger charge is 2.13. The first-order chi connectivity index (χ1) is 9.56. The molecule has 0 radical (unpaired) electrons. The van der Waals surface area contributed by atoms with Gasteiger partial charge in [-0.25, -0.2) is 4.39 Å². The molecular weight excluding hydrogens is 251 g/mol. The van der Waals surface area contributed by atoms with Crippen LogP contribution >= 0.6 is 0 Å². The highest BCUT2D eigenvalue weighted by atomic mass is 19.1. The van der Waals surface area contributed by atoms with Crippen molar-refractivity contribution in [2.45, 2.75) is 59.8 Å². The lowest BCUT2D eigenvalue weighted by Gasteiger charge is -2.20. The van der Waals surface area contributed by atoms with Crippen LogP contribution in [0, 0.1) is 24.6 Å². The molecule has 0 saturated carbocycles. The molecule has 0 N–H and O–H groups in total. The van der Waals surface area contributed by atoms with Crippen LogP contribution in [0.1, 0.15) is 58.4 Å². The van der Waals surface area contributed by atoms with E-state index in [1.165, 1.54) is 38.2 Å². The van der Waals surface area contributed by atoms with Gasteiger partial charge in [-0.1, -0.05) is 52.5 Å². The molecule has 0 heterocycles. The summed E-state index contributed by atoms with van der Waals surface area (Å²) in [6.07, 6.45) is 6.24. The molecule has 0 saturated heterocycles. The Balaban J connectivity index is 2.43. The van der Waals surface area contributed by atoms with E-state index in [1.54, 1.807) is 6.07 Å². The van der Waals surface area contributed by atoms with Crippen molar-refractivity contribution < 1.29 is 9.13 Å². The molecule has 0 fully saturated rings. The monoisotopic (exact) mass is 280 g/mol. The predicted molar refractivity (Wildman–Crippen MR) is 83.7 cm³/mol. The molecule has 2 heteroatoms. The van der Waals surface area contributed by atoms with Crippen molar-refractivity contribution in [2.24, 2.45) is 11.8 Å². The fourth-order valence-corrected chi connectivity index (χ4v) is 2.79. The van der Waals surface area contributed by atoms with Crippen molar-refractivity contribution in [1.82, 2.24) is 0 Å². The first-order valence-corrected chi connectivity index (χ1v) is 7.95. The van der Waals surface area contributed by atoms with Crippen LogP contribution in [-0.2, 0) is 0 Å². The Hall–Kier alpha value is -1.05. The van der Waals surface area contributed by atoms with Crippen molar-refractivity contribution in [1.29, 1.82) is 0 Å². The molecule has 0 aliphatic carbocycles. The third kappa shape index (κ3) is 5.94. The Morgan fingerprint density at radius 3 is 2.35 bits per heavy atom. The molecule has 0 aromatic heterocycles. The molecule has 1 nitrogen and oxygen atoms in total. The van der Waals surface area contributed by atoms with E-state index in [1.807, 2.05) is 13.0 Å². The van der Waals surface area contributed by atoms with Crippen molar-refractivity contribution in [2.75, 3.05) is 6.61 Å². The number of halogens is 1. The van der Waals surface area contributed by atoms with E-state index in [9.17, 15) is 4.39 Å². The SMILES string of the molecule is CCCC(CCC)CC(C)COc1ccc(C)cc1F. The number of aryl methyl sites for hydroxylation is 1. The average molecular weight is 280 g/mol. The summed E-state index contributed by atoms with van der Waals surface area (Å²) < 4.78 is 19.3. The minimum absolute atomic E-state index is 0.254. The van der Waals surface area contributed by atoms with Gasteiger partial charge in [0.1, 0.15) is 0 Å². The third-order valence-electron chi connectivity index (χ3n) is 3.74. The van der Waals surface area contributed by atoms with E-state index < -0.39 is 0 Å². The van der Waals surface area contributed by atoms with Crippen LogP contribution in [-0.4, -0.2) is 6.61 Å². The van der Waals surface area contributed by atoms with Crippen LogP contribution in [0.3, 0.4) is 0 Å². The molecule has 0 spiro atoms. The number of rotatable bonds is 9. The molecule has 1 unspecified atom stereocenters. The molecule has 0 amide bonds. The quantitative estimate of drug-likeness (QED) is 0.559. The zero-order valence-corrected chi connectivity index (χ0v) is 13.4. The van der Waals surface area contributed by atoms with Crippen molar-refractivity contribution in [3.8, 4) is 5.75 Å². The lowest BCUT2D eigenvalue weighted by molar-refractivity contribution is 0.217. The third-order valence-corrected chi connectivity index (χ3v) is 3.74. The maximum Gasteiger partial charge on any atom is 0.165 e. The van der Waals surface area contributed by atoms with Gasteiger partial charge in [0.25, 0.3) is 0 Å². The predicted octanol–water partition coefficient (Wildman–Crippen LogP) is 5.76. The summed E-state index contributed by atoms with van der Waals surface area (Å²) in [6.45, 7) is 9.17. The summed E-state index contributed by atoms with van der Waals surface area (Å²) >= 11 is 0. The molecule has 0 aliphatic rings. The molecule has 1 aromatic rings. The summed E-state index contributed by atoms with van der Waals surface area (Å²) in [6, 6.07) is 5.14. The van der Waals surface area contributed by atoms with Crippen LogP contribution < -0.4 is 4.74 Å². The average Bonchev–Trinajstić information content (AvgIpc) is 2.38. The Labute approximate surface area is 123 Å². The second-order valence-electron chi connectivity index (χ2n) is 6.03. The number of hydrogen-bond acceptors (Lipinski definition) is 1. The first kappa shape index (κ1) is 17.0. The maximum atomic E-state index is 13.7. The molecule has 20 heavy (non-hydrogen) atoms. The van der Waals surface area contributed by atoms with Crippen LogP contribution in [0.25, 0.3) is 0 Å². The normalized spacial score (nSPS) is 12.7. The summed E-state index contributed by atoms with van der Waals surface area (Å²) in [4.78, 5) is 0. The molecule has 1 aromatic carbocycles. The highest BCUT2D eigenvalue weighted by molar-refractivity contribution is 5.28. The zero-order chi connectivity index (χ0) is 15.0. The van der Waals surface area contributed by atoms with Gasteiger partial charge in [0.2, 0.25) is 0 Å². The van der Waals surface area contributed by atoms with E-state index in [0.29, 0.717) is 18.3 Å². The molecule has 0 bridgehead atoms. The van der Waals surface area contributed by atoms with E-state index in [2.05, 4.69) is 20.8 Å². The van der Waals surface area contributed by atoms with Crippen molar-refractivity contribution in [3.05, 3.63) is 29.6 Å². The van der Waals surface area contributed by atoms with Gasteiger partial charge in [0.05, 0.1) is 6.61 Å². The number of hydrogen-bond donors (Lipinski definition) is 0. The van der Waals surface area contributed by atoms with E-state index in [0.717, 1.165) is 11.5 Å². The molecule has 1 atom stereocenters. The van der Waals surface area contributed by atoms with E-state index >= 15 is 0 Å². The van der Waals surface area contributed by atoms with Gasteiger partial charge in [-0.3, -0.25) is 0 Å². The van der Waals surface area contributed by atoms with Gasteiger partial charge in [0.15, 0.2) is 11.6 Å². The number of benzene rings is 1. The Kier molecular flexibility index (Phi) is 7.64. The smallest absolute Gasteiger partial charge is 0.165 e. The second kappa shape index (κ2) is 8.99. The zero-order valence-electron chi connectivity index (χ0n) is 13.4. The van der Waals surface area contributed by atoms with E-state index in [4.69, 9.17) is 4.74 Å². The Bertz CT molecular complexity index is 383. The molecule has 0 aliphatic heterocycles. The topological polar surface area (TPSA) is 9.23 Å². The minimum atomic E-state index is -0.254. The summed E-state index contributed by atoms with van der Waals surface area (Å²) in [5.41, 5.74) is 0.925. The van der Waals surface area contributed by atoms with Crippen molar-refractivity contribution in [3.63, 3.8) is 0 Å². The second-order valence-corrected chi connectivity index (χ2v) is 6.03. The summed E-state index contributed by atoms with van der Waals surface area (Å²) in [5.74, 6) is 1.38. The van der Waals surface area contributed by atoms with Crippen LogP contribution in [0.5, 0.6) is 5.75 Å². The van der Waals surface area contributed by atoms with Gasteiger partial charge in [-0.15, -0.1) is 0 Å². The maximum absolute atomic E-state index is 13.7. The lowest BCUT2D eigenvalue weighted by Crippen LogP contribution is -2.14. The fourth-order valence-electron chi connectivity index (χ4n) is 2.79. The van der Waals surface area contributed by atoms with Gasteiger partial charge < -0.3 is 4.74 Å². The first-order valence-electron chi connectivity index (χ1n) is 7.95. The van der Waals surface area contributed by atoms with Crippen LogP contribution in [0.4, 0.5) is 4.39 Å². The Morgan fingerprint density at radius 1 is 1.15 bits per heavy atom. The summed E-state index contributed by atoms with van der Waals surface area (Å²) in [7, 11) is 0. The van der Waals surface area contributed by atoms with Gasteiger partial charge >= 0.3 is 0 Å².